The van der Waals surface area contributed by atoms with Gasteiger partial charge < -0.3 is 14.6 Å². The Morgan fingerprint density at radius 2 is 1.92 bits per heavy atom. The molecule has 0 bridgehead atoms. The van der Waals surface area contributed by atoms with E-state index in [4.69, 9.17) is 4.42 Å². The van der Waals surface area contributed by atoms with Crippen molar-refractivity contribution in [2.24, 2.45) is 0 Å². The number of benzene rings is 1. The smallest absolute Gasteiger partial charge is 0.287 e. The number of anilines is 1. The summed E-state index contributed by atoms with van der Waals surface area (Å²) in [6, 6.07) is 12.2. The molecule has 0 spiro atoms. The summed E-state index contributed by atoms with van der Waals surface area (Å²) in [5, 5.41) is 3.01. The molecule has 24 heavy (non-hydrogen) atoms. The first-order chi connectivity index (χ1) is 11.6. The summed E-state index contributed by atoms with van der Waals surface area (Å²) in [7, 11) is 4.08. The van der Waals surface area contributed by atoms with Crippen LogP contribution in [0.2, 0.25) is 0 Å². The molecule has 3 rings (SSSR count). The summed E-state index contributed by atoms with van der Waals surface area (Å²) in [4.78, 5) is 16.7. The molecule has 1 fully saturated rings. The van der Waals surface area contributed by atoms with E-state index in [1.165, 1.54) is 30.4 Å². The van der Waals surface area contributed by atoms with Crippen LogP contribution in [0.15, 0.2) is 47.1 Å². The number of hydrogen-bond acceptors (Lipinski definition) is 4. The summed E-state index contributed by atoms with van der Waals surface area (Å²) >= 11 is 0. The zero-order valence-electron chi connectivity index (χ0n) is 14.4. The number of carbonyl (C=O) groups is 1. The van der Waals surface area contributed by atoms with E-state index >= 15 is 0 Å². The molecule has 1 aliphatic rings. The summed E-state index contributed by atoms with van der Waals surface area (Å²) < 4.78 is 5.17. The highest BCUT2D eigenvalue weighted by Crippen LogP contribution is 2.26. The molecular formula is C19H25N3O2. The second-order valence-corrected chi connectivity index (χ2v) is 6.43. The maximum atomic E-state index is 12.2. The van der Waals surface area contributed by atoms with Crippen LogP contribution < -0.4 is 10.2 Å². The van der Waals surface area contributed by atoms with Crippen molar-refractivity contribution in [3.05, 3.63) is 54.0 Å². The van der Waals surface area contributed by atoms with Crippen LogP contribution in [0.5, 0.6) is 0 Å². The molecule has 0 saturated carbocycles. The van der Waals surface area contributed by atoms with Gasteiger partial charge in [0, 0.05) is 26.3 Å². The predicted octanol–water partition coefficient (Wildman–Crippen LogP) is 2.91. The third-order valence-electron chi connectivity index (χ3n) is 4.58. The van der Waals surface area contributed by atoms with E-state index < -0.39 is 0 Å². The lowest BCUT2D eigenvalue weighted by Crippen LogP contribution is -2.36. The molecule has 0 aliphatic carbocycles. The highest BCUT2D eigenvalue weighted by molar-refractivity contribution is 5.91. The minimum Gasteiger partial charge on any atom is -0.459 e. The van der Waals surface area contributed by atoms with E-state index in [1.54, 1.807) is 12.1 Å². The van der Waals surface area contributed by atoms with Crippen LogP contribution in [0.1, 0.15) is 35.0 Å². The second-order valence-electron chi connectivity index (χ2n) is 6.43. The molecule has 128 valence electrons. The number of rotatable bonds is 6. The average Bonchev–Trinajstić information content (AvgIpc) is 3.29. The van der Waals surface area contributed by atoms with Gasteiger partial charge in [0.2, 0.25) is 0 Å². The van der Waals surface area contributed by atoms with Gasteiger partial charge in [-0.25, -0.2) is 0 Å². The van der Waals surface area contributed by atoms with Gasteiger partial charge >= 0.3 is 0 Å². The Morgan fingerprint density at radius 1 is 1.21 bits per heavy atom. The summed E-state index contributed by atoms with van der Waals surface area (Å²) in [6.07, 6.45) is 3.96. The van der Waals surface area contributed by atoms with E-state index in [-0.39, 0.29) is 11.9 Å². The Labute approximate surface area is 143 Å². The molecule has 1 amide bonds. The lowest BCUT2D eigenvalue weighted by molar-refractivity contribution is 0.0910. The molecule has 5 heteroatoms. The van der Waals surface area contributed by atoms with Gasteiger partial charge in [-0.3, -0.25) is 9.69 Å². The molecule has 2 aromatic rings. The fraction of sp³-hybridized carbons (Fsp3) is 0.421. The maximum Gasteiger partial charge on any atom is 0.287 e. The SMILES string of the molecule is CN(C)c1ccc([C@@H](CNC(=O)c2ccco2)N2CCCC2)cc1. The first-order valence-electron chi connectivity index (χ1n) is 8.48. The van der Waals surface area contributed by atoms with Gasteiger partial charge in [-0.1, -0.05) is 12.1 Å². The zero-order valence-corrected chi connectivity index (χ0v) is 14.4. The highest BCUT2D eigenvalue weighted by atomic mass is 16.3. The van der Waals surface area contributed by atoms with Gasteiger partial charge in [-0.05, 0) is 55.8 Å². The lowest BCUT2D eigenvalue weighted by atomic mass is 10.0. The number of furan rings is 1. The first-order valence-corrected chi connectivity index (χ1v) is 8.48. The maximum absolute atomic E-state index is 12.2. The first kappa shape index (κ1) is 16.6. The Kier molecular flexibility index (Phi) is 5.20. The largest absolute Gasteiger partial charge is 0.459 e. The molecule has 1 N–H and O–H groups in total. The van der Waals surface area contributed by atoms with Crippen LogP contribution in [0.25, 0.3) is 0 Å². The van der Waals surface area contributed by atoms with E-state index in [0.717, 1.165) is 13.1 Å². The lowest BCUT2D eigenvalue weighted by Gasteiger charge is -2.28. The summed E-state index contributed by atoms with van der Waals surface area (Å²) in [5.41, 5.74) is 2.42. The van der Waals surface area contributed by atoms with Crippen LogP contribution in [0.4, 0.5) is 5.69 Å². The van der Waals surface area contributed by atoms with Gasteiger partial charge in [-0.15, -0.1) is 0 Å². The molecule has 0 unspecified atom stereocenters. The minimum atomic E-state index is -0.158. The van der Waals surface area contributed by atoms with Crippen molar-refractivity contribution >= 4 is 11.6 Å². The average molecular weight is 327 g/mol. The Bertz CT molecular complexity index is 644. The molecule has 5 nitrogen and oxygen atoms in total. The molecule has 1 aromatic carbocycles. The van der Waals surface area contributed by atoms with Crippen molar-refractivity contribution in [1.82, 2.24) is 10.2 Å². The Balaban J connectivity index is 1.72. The second kappa shape index (κ2) is 7.53. The fourth-order valence-corrected chi connectivity index (χ4v) is 3.19. The molecule has 1 aliphatic heterocycles. The van der Waals surface area contributed by atoms with E-state index in [9.17, 15) is 4.79 Å². The van der Waals surface area contributed by atoms with Gasteiger partial charge in [0.05, 0.1) is 12.3 Å². The van der Waals surface area contributed by atoms with Crippen LogP contribution in [0, 0.1) is 0 Å². The number of likely N-dealkylation sites (tertiary alicyclic amines) is 1. The highest BCUT2D eigenvalue weighted by Gasteiger charge is 2.24. The van der Waals surface area contributed by atoms with Crippen molar-refractivity contribution in [3.63, 3.8) is 0 Å². The standard InChI is InChI=1S/C19H25N3O2/c1-21(2)16-9-7-15(8-10-16)17(22-11-3-4-12-22)14-20-19(23)18-6-5-13-24-18/h5-10,13,17H,3-4,11-12,14H2,1-2H3,(H,20,23)/t17-/m1/s1. The molecule has 0 radical (unpaired) electrons. The number of amides is 1. The number of nitrogens with one attached hydrogen (secondary N) is 1. The summed E-state index contributed by atoms with van der Waals surface area (Å²) in [6.45, 7) is 2.74. The Hall–Kier alpha value is -2.27. The van der Waals surface area contributed by atoms with Crippen LogP contribution in [-0.4, -0.2) is 44.5 Å². The van der Waals surface area contributed by atoms with Gasteiger partial charge in [0.15, 0.2) is 5.76 Å². The van der Waals surface area contributed by atoms with Crippen LogP contribution >= 0.6 is 0 Å². The number of hydrogen-bond donors (Lipinski definition) is 1. The van der Waals surface area contributed by atoms with Crippen molar-refractivity contribution in [1.29, 1.82) is 0 Å². The van der Waals surface area contributed by atoms with Crippen molar-refractivity contribution in [2.45, 2.75) is 18.9 Å². The molecule has 1 aromatic heterocycles. The van der Waals surface area contributed by atoms with Gasteiger partial charge in [0.25, 0.3) is 5.91 Å². The van der Waals surface area contributed by atoms with E-state index in [2.05, 4.69) is 39.4 Å². The number of nitrogens with zero attached hydrogens (tertiary/aromatic N) is 2. The van der Waals surface area contributed by atoms with Crippen molar-refractivity contribution in [3.8, 4) is 0 Å². The quantitative estimate of drug-likeness (QED) is 0.886. The minimum absolute atomic E-state index is 0.158. The summed E-state index contributed by atoms with van der Waals surface area (Å²) in [5.74, 6) is 0.201. The normalized spacial score (nSPS) is 16.1. The van der Waals surface area contributed by atoms with Gasteiger partial charge in [-0.2, -0.15) is 0 Å². The fourth-order valence-electron chi connectivity index (χ4n) is 3.19. The Morgan fingerprint density at radius 3 is 2.50 bits per heavy atom. The molecule has 1 atom stereocenters. The molecule has 2 heterocycles. The monoisotopic (exact) mass is 327 g/mol. The van der Waals surface area contributed by atoms with Crippen molar-refractivity contribution in [2.75, 3.05) is 38.6 Å². The van der Waals surface area contributed by atoms with Crippen LogP contribution in [-0.2, 0) is 0 Å². The topological polar surface area (TPSA) is 48.7 Å². The number of carbonyl (C=O) groups excluding carboxylic acids is 1. The molecule has 1 saturated heterocycles. The van der Waals surface area contributed by atoms with Crippen molar-refractivity contribution < 1.29 is 9.21 Å². The third kappa shape index (κ3) is 3.79. The van der Waals surface area contributed by atoms with Crippen LogP contribution in [0.3, 0.4) is 0 Å². The van der Waals surface area contributed by atoms with Gasteiger partial charge in [0.1, 0.15) is 0 Å². The van der Waals surface area contributed by atoms with E-state index in [0.29, 0.717) is 12.3 Å². The third-order valence-corrected chi connectivity index (χ3v) is 4.58. The zero-order chi connectivity index (χ0) is 16.9. The predicted molar refractivity (Wildman–Crippen MR) is 95.4 cm³/mol. The van der Waals surface area contributed by atoms with E-state index in [1.807, 2.05) is 14.1 Å². The molecular weight excluding hydrogens is 302 g/mol.